The SMILES string of the molecule is CCCCOc1ccc2ccccc2c1C1Nc2ccccc2C(=O)N1Cc1ccccc1. The highest BCUT2D eigenvalue weighted by molar-refractivity contribution is 6.02. The average molecular weight is 437 g/mol. The Hall–Kier alpha value is -3.79. The lowest BCUT2D eigenvalue weighted by Gasteiger charge is -2.39. The minimum atomic E-state index is -0.352. The van der Waals surface area contributed by atoms with Gasteiger partial charge in [0.2, 0.25) is 0 Å². The normalized spacial score (nSPS) is 15.2. The summed E-state index contributed by atoms with van der Waals surface area (Å²) in [7, 11) is 0. The summed E-state index contributed by atoms with van der Waals surface area (Å²) in [6, 6.07) is 30.3. The van der Waals surface area contributed by atoms with Gasteiger partial charge in [0, 0.05) is 17.8 Å². The topological polar surface area (TPSA) is 41.6 Å². The number of hydrogen-bond donors (Lipinski definition) is 1. The molecule has 1 aliphatic rings. The summed E-state index contributed by atoms with van der Waals surface area (Å²) in [5, 5.41) is 5.88. The number of carbonyl (C=O) groups excluding carboxylic acids is 1. The molecule has 4 aromatic carbocycles. The Balaban J connectivity index is 1.66. The van der Waals surface area contributed by atoms with E-state index in [1.807, 2.05) is 65.6 Å². The van der Waals surface area contributed by atoms with E-state index in [1.165, 1.54) is 0 Å². The van der Waals surface area contributed by atoms with Crippen molar-refractivity contribution in [2.24, 2.45) is 0 Å². The lowest BCUT2D eigenvalue weighted by molar-refractivity contribution is 0.0665. The van der Waals surface area contributed by atoms with Crippen molar-refractivity contribution >= 4 is 22.4 Å². The van der Waals surface area contributed by atoms with E-state index in [4.69, 9.17) is 4.74 Å². The highest BCUT2D eigenvalue weighted by Crippen LogP contribution is 2.41. The number of nitrogens with one attached hydrogen (secondary N) is 1. The van der Waals surface area contributed by atoms with Gasteiger partial charge in [-0.25, -0.2) is 0 Å². The minimum absolute atomic E-state index is 0.0191. The zero-order chi connectivity index (χ0) is 22.6. The van der Waals surface area contributed by atoms with Gasteiger partial charge in [0.25, 0.3) is 5.91 Å². The van der Waals surface area contributed by atoms with Gasteiger partial charge in [-0.2, -0.15) is 0 Å². The molecule has 5 rings (SSSR count). The molecule has 4 aromatic rings. The number of fused-ring (bicyclic) bond motifs is 2. The Morgan fingerprint density at radius 2 is 1.64 bits per heavy atom. The molecule has 1 atom stereocenters. The molecule has 4 nitrogen and oxygen atoms in total. The fourth-order valence-corrected chi connectivity index (χ4v) is 4.47. The van der Waals surface area contributed by atoms with Crippen LogP contribution < -0.4 is 10.1 Å². The summed E-state index contributed by atoms with van der Waals surface area (Å²) < 4.78 is 6.28. The molecule has 33 heavy (non-hydrogen) atoms. The van der Waals surface area contributed by atoms with Gasteiger partial charge in [0.1, 0.15) is 11.9 Å². The van der Waals surface area contributed by atoms with Crippen LogP contribution in [0.5, 0.6) is 5.75 Å². The summed E-state index contributed by atoms with van der Waals surface area (Å²) in [6.07, 6.45) is 1.70. The molecule has 0 saturated carbocycles. The summed E-state index contributed by atoms with van der Waals surface area (Å²) in [6.45, 7) is 3.31. The molecule has 166 valence electrons. The third kappa shape index (κ3) is 4.17. The summed E-state index contributed by atoms with van der Waals surface area (Å²) in [5.41, 5.74) is 3.64. The Kier molecular flexibility index (Phi) is 5.99. The van der Waals surface area contributed by atoms with Crippen molar-refractivity contribution in [2.75, 3.05) is 11.9 Å². The highest BCUT2D eigenvalue weighted by atomic mass is 16.5. The van der Waals surface area contributed by atoms with Crippen LogP contribution in [-0.4, -0.2) is 17.4 Å². The fraction of sp³-hybridized carbons (Fsp3) is 0.207. The molecule has 1 unspecified atom stereocenters. The smallest absolute Gasteiger partial charge is 0.258 e. The van der Waals surface area contributed by atoms with Crippen LogP contribution in [0.2, 0.25) is 0 Å². The van der Waals surface area contributed by atoms with Gasteiger partial charge in [0.15, 0.2) is 0 Å². The van der Waals surface area contributed by atoms with Crippen molar-refractivity contribution in [3.63, 3.8) is 0 Å². The van der Waals surface area contributed by atoms with Gasteiger partial charge in [-0.3, -0.25) is 4.79 Å². The summed E-state index contributed by atoms with van der Waals surface area (Å²) in [5.74, 6) is 0.843. The second kappa shape index (κ2) is 9.37. The van der Waals surface area contributed by atoms with Crippen LogP contribution in [-0.2, 0) is 6.54 Å². The van der Waals surface area contributed by atoms with E-state index < -0.39 is 0 Å². The van der Waals surface area contributed by atoms with Crippen molar-refractivity contribution < 1.29 is 9.53 Å². The molecule has 0 aliphatic carbocycles. The van der Waals surface area contributed by atoms with Gasteiger partial charge in [-0.1, -0.05) is 86.1 Å². The lowest BCUT2D eigenvalue weighted by Crippen LogP contribution is -2.42. The average Bonchev–Trinajstić information content (AvgIpc) is 2.86. The van der Waals surface area contributed by atoms with Gasteiger partial charge >= 0.3 is 0 Å². The molecule has 0 aromatic heterocycles. The van der Waals surface area contributed by atoms with Crippen LogP contribution in [0, 0.1) is 0 Å². The molecule has 1 N–H and O–H groups in total. The maximum absolute atomic E-state index is 13.8. The molecule has 1 amide bonds. The van der Waals surface area contributed by atoms with Gasteiger partial charge in [-0.15, -0.1) is 0 Å². The molecule has 0 saturated heterocycles. The number of nitrogens with zero attached hydrogens (tertiary/aromatic N) is 1. The van der Waals surface area contributed by atoms with Crippen molar-refractivity contribution in [1.82, 2.24) is 4.90 Å². The molecule has 0 spiro atoms. The number of hydrogen-bond acceptors (Lipinski definition) is 3. The van der Waals surface area contributed by atoms with Crippen molar-refractivity contribution in [2.45, 2.75) is 32.5 Å². The number of ether oxygens (including phenoxy) is 1. The van der Waals surface area contributed by atoms with Gasteiger partial charge in [0.05, 0.1) is 12.2 Å². The van der Waals surface area contributed by atoms with Crippen molar-refractivity contribution in [1.29, 1.82) is 0 Å². The zero-order valence-electron chi connectivity index (χ0n) is 18.8. The van der Waals surface area contributed by atoms with Crippen LogP contribution in [0.25, 0.3) is 10.8 Å². The zero-order valence-corrected chi connectivity index (χ0v) is 18.8. The first-order valence-corrected chi connectivity index (χ1v) is 11.6. The quantitative estimate of drug-likeness (QED) is 0.325. The van der Waals surface area contributed by atoms with Crippen molar-refractivity contribution in [3.8, 4) is 5.75 Å². The number of benzene rings is 4. The van der Waals surface area contributed by atoms with Crippen LogP contribution in [0.1, 0.15) is 47.4 Å². The van der Waals surface area contributed by atoms with E-state index in [2.05, 4.69) is 42.6 Å². The molecule has 4 heteroatoms. The first-order chi connectivity index (χ1) is 16.3. The maximum Gasteiger partial charge on any atom is 0.258 e. The molecule has 1 heterocycles. The van der Waals surface area contributed by atoms with E-state index in [0.717, 1.165) is 46.2 Å². The van der Waals surface area contributed by atoms with E-state index in [0.29, 0.717) is 18.7 Å². The van der Waals surface area contributed by atoms with E-state index >= 15 is 0 Å². The first-order valence-electron chi connectivity index (χ1n) is 11.6. The highest BCUT2D eigenvalue weighted by Gasteiger charge is 2.35. The van der Waals surface area contributed by atoms with Crippen LogP contribution in [0.15, 0.2) is 91.0 Å². The molecule has 1 aliphatic heterocycles. The minimum Gasteiger partial charge on any atom is -0.493 e. The Labute approximate surface area is 194 Å². The van der Waals surface area contributed by atoms with E-state index in [9.17, 15) is 4.79 Å². The number of rotatable bonds is 7. The van der Waals surface area contributed by atoms with E-state index in [-0.39, 0.29) is 12.1 Å². The van der Waals surface area contributed by atoms with Gasteiger partial charge < -0.3 is 15.0 Å². The summed E-state index contributed by atoms with van der Waals surface area (Å²) >= 11 is 0. The summed E-state index contributed by atoms with van der Waals surface area (Å²) in [4.78, 5) is 15.7. The standard InChI is InChI=1S/C29H28N2O2/c1-2-3-19-33-26-18-17-22-13-7-8-14-23(22)27(26)28-30-25-16-10-9-15-24(25)29(32)31(28)20-21-11-5-4-6-12-21/h4-18,28,30H,2-3,19-20H2,1H3. The number of amides is 1. The second-order valence-corrected chi connectivity index (χ2v) is 8.41. The number of para-hydroxylation sites is 1. The Morgan fingerprint density at radius 3 is 2.48 bits per heavy atom. The largest absolute Gasteiger partial charge is 0.493 e. The van der Waals surface area contributed by atoms with Crippen molar-refractivity contribution in [3.05, 3.63) is 108 Å². The third-order valence-corrected chi connectivity index (χ3v) is 6.18. The molecule has 0 fully saturated rings. The van der Waals surface area contributed by atoms with Gasteiger partial charge in [-0.05, 0) is 41.0 Å². The molecule has 0 bridgehead atoms. The number of carbonyl (C=O) groups is 1. The van der Waals surface area contributed by atoms with Crippen LogP contribution in [0.4, 0.5) is 5.69 Å². The van der Waals surface area contributed by atoms with Crippen LogP contribution in [0.3, 0.4) is 0 Å². The lowest BCUT2D eigenvalue weighted by atomic mass is 9.97. The monoisotopic (exact) mass is 436 g/mol. The molecular weight excluding hydrogens is 408 g/mol. The Bertz CT molecular complexity index is 1270. The first kappa shape index (κ1) is 21.1. The maximum atomic E-state index is 13.8. The van der Waals surface area contributed by atoms with E-state index in [1.54, 1.807) is 0 Å². The predicted octanol–water partition coefficient (Wildman–Crippen LogP) is 6.79. The number of unbranched alkanes of at least 4 members (excludes halogenated alkanes) is 1. The second-order valence-electron chi connectivity index (χ2n) is 8.41. The number of anilines is 1. The predicted molar refractivity (Wildman–Crippen MR) is 133 cm³/mol. The molecule has 0 radical (unpaired) electrons. The fourth-order valence-electron chi connectivity index (χ4n) is 4.47. The molecular formula is C29H28N2O2. The Morgan fingerprint density at radius 1 is 0.879 bits per heavy atom. The van der Waals surface area contributed by atoms with Crippen LogP contribution >= 0.6 is 0 Å². The third-order valence-electron chi connectivity index (χ3n) is 6.18.